The molecule has 2 fully saturated rings. The van der Waals surface area contributed by atoms with Gasteiger partial charge < -0.3 is 15.0 Å². The van der Waals surface area contributed by atoms with Crippen LogP contribution in [0.1, 0.15) is 31.2 Å². The lowest BCUT2D eigenvalue weighted by molar-refractivity contribution is -0.919. The molecule has 2 N–H and O–H groups in total. The van der Waals surface area contributed by atoms with Gasteiger partial charge >= 0.3 is 0 Å². The maximum absolute atomic E-state index is 12.4. The van der Waals surface area contributed by atoms with Gasteiger partial charge in [0.1, 0.15) is 6.54 Å². The smallest absolute Gasteiger partial charge is 0.223 e. The van der Waals surface area contributed by atoms with E-state index in [1.807, 2.05) is 0 Å². The molecule has 2 heterocycles. The second-order valence-corrected chi connectivity index (χ2v) is 7.72. The first kappa shape index (κ1) is 17.5. The van der Waals surface area contributed by atoms with Crippen molar-refractivity contribution in [3.05, 3.63) is 48.0 Å². The van der Waals surface area contributed by atoms with Crippen LogP contribution in [0.2, 0.25) is 0 Å². The van der Waals surface area contributed by atoms with E-state index in [1.54, 1.807) is 4.90 Å². The number of carbonyl (C=O) groups excluding carboxylic acids is 1. The van der Waals surface area contributed by atoms with Gasteiger partial charge in [0.25, 0.3) is 0 Å². The van der Waals surface area contributed by atoms with E-state index >= 15 is 0 Å². The second-order valence-electron chi connectivity index (χ2n) is 7.72. The summed E-state index contributed by atoms with van der Waals surface area (Å²) in [5, 5.41) is 5.78. The van der Waals surface area contributed by atoms with Crippen molar-refractivity contribution in [2.75, 3.05) is 26.2 Å². The Bertz CT molecular complexity index is 741. The number of hydrogen-bond donors (Lipinski definition) is 2. The molecule has 4 heteroatoms. The SMILES string of the molecule is O=C(NC[C@H]1CCCO1)C1CC[NH+](Cc2cccc3ccccc23)CC1. The van der Waals surface area contributed by atoms with Crippen molar-refractivity contribution in [2.24, 2.45) is 5.92 Å². The summed E-state index contributed by atoms with van der Waals surface area (Å²) in [4.78, 5) is 14.0. The Morgan fingerprint density at radius 2 is 1.88 bits per heavy atom. The van der Waals surface area contributed by atoms with E-state index in [1.165, 1.54) is 16.3 Å². The number of ether oxygens (including phenoxy) is 1. The number of amides is 1. The summed E-state index contributed by atoms with van der Waals surface area (Å²) in [5.41, 5.74) is 1.42. The first-order chi connectivity index (χ1) is 12.8. The van der Waals surface area contributed by atoms with Gasteiger partial charge in [0.2, 0.25) is 5.91 Å². The van der Waals surface area contributed by atoms with E-state index in [0.717, 1.165) is 51.9 Å². The summed E-state index contributed by atoms with van der Waals surface area (Å²) in [6.45, 7) is 4.71. The third-order valence-electron chi connectivity index (χ3n) is 5.91. The molecule has 2 saturated heterocycles. The van der Waals surface area contributed by atoms with E-state index in [-0.39, 0.29) is 17.9 Å². The van der Waals surface area contributed by atoms with Gasteiger partial charge in [-0.15, -0.1) is 0 Å². The van der Waals surface area contributed by atoms with Crippen LogP contribution in [0, 0.1) is 5.92 Å². The highest BCUT2D eigenvalue weighted by Gasteiger charge is 2.28. The number of quaternary nitrogens is 1. The summed E-state index contributed by atoms with van der Waals surface area (Å²) >= 11 is 0. The molecular formula is C22H29N2O2+. The van der Waals surface area contributed by atoms with Crippen LogP contribution >= 0.6 is 0 Å². The number of rotatable bonds is 5. The number of likely N-dealkylation sites (tertiary alicyclic amines) is 1. The summed E-state index contributed by atoms with van der Waals surface area (Å²) < 4.78 is 5.59. The van der Waals surface area contributed by atoms with Crippen molar-refractivity contribution in [3.8, 4) is 0 Å². The Labute approximate surface area is 155 Å². The van der Waals surface area contributed by atoms with Gasteiger partial charge in [-0.25, -0.2) is 0 Å². The Balaban J connectivity index is 1.28. The molecule has 0 saturated carbocycles. The minimum atomic E-state index is 0.174. The maximum atomic E-state index is 12.4. The average Bonchev–Trinajstić information content (AvgIpc) is 3.21. The van der Waals surface area contributed by atoms with E-state index in [0.29, 0.717) is 6.54 Å². The molecule has 138 valence electrons. The van der Waals surface area contributed by atoms with Crippen LogP contribution in [0.15, 0.2) is 42.5 Å². The third kappa shape index (κ3) is 4.08. The van der Waals surface area contributed by atoms with E-state index < -0.39 is 0 Å². The zero-order chi connectivity index (χ0) is 17.8. The quantitative estimate of drug-likeness (QED) is 0.863. The summed E-state index contributed by atoms with van der Waals surface area (Å²) in [6.07, 6.45) is 4.40. The lowest BCUT2D eigenvalue weighted by Crippen LogP contribution is -3.11. The predicted molar refractivity (Wildman–Crippen MR) is 103 cm³/mol. The van der Waals surface area contributed by atoms with Crippen molar-refractivity contribution < 1.29 is 14.4 Å². The lowest BCUT2D eigenvalue weighted by atomic mass is 9.95. The molecule has 2 aliphatic heterocycles. The highest BCUT2D eigenvalue weighted by molar-refractivity contribution is 5.85. The zero-order valence-electron chi connectivity index (χ0n) is 15.4. The Hall–Kier alpha value is -1.91. The van der Waals surface area contributed by atoms with Gasteiger partial charge in [-0.2, -0.15) is 0 Å². The first-order valence-electron chi connectivity index (χ1n) is 9.99. The topological polar surface area (TPSA) is 42.8 Å². The summed E-state index contributed by atoms with van der Waals surface area (Å²) in [6, 6.07) is 15.2. The Kier molecular flexibility index (Phi) is 5.51. The molecule has 0 spiro atoms. The molecule has 26 heavy (non-hydrogen) atoms. The number of benzene rings is 2. The normalized spacial score (nSPS) is 26.1. The fourth-order valence-corrected chi connectivity index (χ4v) is 4.35. The molecule has 0 aliphatic carbocycles. The Morgan fingerprint density at radius 1 is 1.08 bits per heavy atom. The van der Waals surface area contributed by atoms with Crippen LogP contribution in [0.25, 0.3) is 10.8 Å². The van der Waals surface area contributed by atoms with Gasteiger partial charge in [-0.1, -0.05) is 42.5 Å². The predicted octanol–water partition coefficient (Wildman–Crippen LogP) is 1.93. The van der Waals surface area contributed by atoms with Crippen molar-refractivity contribution in [1.82, 2.24) is 5.32 Å². The molecule has 4 nitrogen and oxygen atoms in total. The zero-order valence-corrected chi connectivity index (χ0v) is 15.4. The van der Waals surface area contributed by atoms with Crippen LogP contribution in [0.4, 0.5) is 0 Å². The largest absolute Gasteiger partial charge is 0.376 e. The lowest BCUT2D eigenvalue weighted by Gasteiger charge is -2.29. The molecule has 1 amide bonds. The van der Waals surface area contributed by atoms with E-state index in [2.05, 4.69) is 47.8 Å². The van der Waals surface area contributed by atoms with Crippen LogP contribution in [-0.4, -0.2) is 38.3 Å². The number of fused-ring (bicyclic) bond motifs is 1. The minimum absolute atomic E-state index is 0.174. The molecule has 2 aromatic carbocycles. The van der Waals surface area contributed by atoms with Gasteiger partial charge in [-0.05, 0) is 23.6 Å². The van der Waals surface area contributed by atoms with Gasteiger partial charge in [0.15, 0.2) is 0 Å². The summed E-state index contributed by atoms with van der Waals surface area (Å²) in [7, 11) is 0. The van der Waals surface area contributed by atoms with Crippen LogP contribution < -0.4 is 10.2 Å². The molecule has 0 bridgehead atoms. The number of nitrogens with one attached hydrogen (secondary N) is 2. The summed E-state index contributed by atoms with van der Waals surface area (Å²) in [5.74, 6) is 0.400. The number of carbonyl (C=O) groups is 1. The third-order valence-corrected chi connectivity index (χ3v) is 5.91. The van der Waals surface area contributed by atoms with Gasteiger partial charge in [-0.3, -0.25) is 4.79 Å². The van der Waals surface area contributed by atoms with Crippen molar-refractivity contribution in [2.45, 2.75) is 38.3 Å². The molecule has 4 rings (SSSR count). The highest BCUT2D eigenvalue weighted by Crippen LogP contribution is 2.18. The van der Waals surface area contributed by atoms with Gasteiger partial charge in [0, 0.05) is 37.5 Å². The fraction of sp³-hybridized carbons (Fsp3) is 0.500. The Morgan fingerprint density at radius 3 is 2.69 bits per heavy atom. The van der Waals surface area contributed by atoms with Crippen LogP contribution in [0.5, 0.6) is 0 Å². The highest BCUT2D eigenvalue weighted by atomic mass is 16.5. The molecule has 0 unspecified atom stereocenters. The average molecular weight is 353 g/mol. The number of hydrogen-bond acceptors (Lipinski definition) is 2. The van der Waals surface area contributed by atoms with Crippen LogP contribution in [-0.2, 0) is 16.1 Å². The second kappa shape index (κ2) is 8.19. The number of piperidine rings is 1. The minimum Gasteiger partial charge on any atom is -0.376 e. The van der Waals surface area contributed by atoms with Crippen molar-refractivity contribution >= 4 is 16.7 Å². The van der Waals surface area contributed by atoms with E-state index in [9.17, 15) is 4.79 Å². The van der Waals surface area contributed by atoms with Crippen molar-refractivity contribution in [3.63, 3.8) is 0 Å². The fourth-order valence-electron chi connectivity index (χ4n) is 4.35. The molecule has 2 aliphatic rings. The maximum Gasteiger partial charge on any atom is 0.223 e. The van der Waals surface area contributed by atoms with Gasteiger partial charge in [0.05, 0.1) is 19.2 Å². The van der Waals surface area contributed by atoms with E-state index in [4.69, 9.17) is 4.74 Å². The monoisotopic (exact) mass is 353 g/mol. The molecule has 0 aromatic heterocycles. The molecule has 0 radical (unpaired) electrons. The first-order valence-corrected chi connectivity index (χ1v) is 9.99. The molecular weight excluding hydrogens is 324 g/mol. The van der Waals surface area contributed by atoms with Crippen LogP contribution in [0.3, 0.4) is 0 Å². The molecule has 2 aromatic rings. The molecule has 1 atom stereocenters. The standard InChI is InChI=1S/C22H28N2O2/c25-22(23-15-20-8-4-14-26-20)18-10-12-24(13-11-18)16-19-7-3-6-17-5-1-2-9-21(17)19/h1-3,5-7,9,18,20H,4,8,10-16H2,(H,23,25)/p+1/t20-/m1/s1. The van der Waals surface area contributed by atoms with Crippen molar-refractivity contribution in [1.29, 1.82) is 0 Å².